The van der Waals surface area contributed by atoms with Gasteiger partial charge in [-0.25, -0.2) is 0 Å². The predicted molar refractivity (Wildman–Crippen MR) is 107 cm³/mol. The van der Waals surface area contributed by atoms with Crippen LogP contribution in [0, 0.1) is 0 Å². The Hall–Kier alpha value is -1.73. The van der Waals surface area contributed by atoms with E-state index in [0.29, 0.717) is 12.2 Å². The van der Waals surface area contributed by atoms with Gasteiger partial charge in [-0.1, -0.05) is 26.8 Å². The van der Waals surface area contributed by atoms with Crippen molar-refractivity contribution < 1.29 is 23.5 Å². The Bertz CT molecular complexity index is 631. The first-order valence-electron chi connectivity index (χ1n) is 9.34. The maximum atomic E-state index is 12.5. The molecular weight excluding hydrogens is 362 g/mol. The minimum absolute atomic E-state index is 0.110. The summed E-state index contributed by atoms with van der Waals surface area (Å²) in [5.74, 6) is -1.29. The molecule has 0 radical (unpaired) electrons. The zero-order valence-electron chi connectivity index (χ0n) is 17.8. The van der Waals surface area contributed by atoms with E-state index in [1.54, 1.807) is 26.0 Å². The monoisotopic (exact) mass is 395 g/mol. The summed E-state index contributed by atoms with van der Waals surface area (Å²) >= 11 is 0. The van der Waals surface area contributed by atoms with Crippen LogP contribution in [0.4, 0.5) is 0 Å². The molecule has 0 amide bonds. The number of esters is 2. The maximum absolute atomic E-state index is 12.5. The van der Waals surface area contributed by atoms with E-state index in [1.165, 1.54) is 13.1 Å². The Morgan fingerprint density at radius 1 is 1.00 bits per heavy atom. The van der Waals surface area contributed by atoms with Crippen molar-refractivity contribution in [1.29, 1.82) is 0 Å². The maximum Gasteiger partial charge on any atom is 0.327 e. The highest BCUT2D eigenvalue weighted by molar-refractivity contribution is 6.74. The molecule has 7 heteroatoms. The van der Waals surface area contributed by atoms with Crippen LogP contribution in [0.3, 0.4) is 0 Å². The normalized spacial score (nSPS) is 12.6. The summed E-state index contributed by atoms with van der Waals surface area (Å²) in [7, 11) is -1.88. The molecule has 0 saturated heterocycles. The van der Waals surface area contributed by atoms with Gasteiger partial charge in [0.1, 0.15) is 0 Å². The summed E-state index contributed by atoms with van der Waals surface area (Å²) in [6.07, 6.45) is 1.53. The van der Waals surface area contributed by atoms with Crippen molar-refractivity contribution in [2.24, 2.45) is 0 Å². The van der Waals surface area contributed by atoms with E-state index in [4.69, 9.17) is 13.9 Å². The molecule has 0 fully saturated rings. The summed E-state index contributed by atoms with van der Waals surface area (Å²) in [5.41, 5.74) is -0.355. The Morgan fingerprint density at radius 2 is 1.52 bits per heavy atom. The van der Waals surface area contributed by atoms with Crippen molar-refractivity contribution in [1.82, 2.24) is 4.98 Å². The first kappa shape index (κ1) is 23.3. The third kappa shape index (κ3) is 5.39. The summed E-state index contributed by atoms with van der Waals surface area (Å²) in [6, 6.07) is 3.49. The number of rotatable bonds is 8. The molecule has 1 rings (SSSR count). The fourth-order valence-corrected chi connectivity index (χ4v) is 3.09. The van der Waals surface area contributed by atoms with Gasteiger partial charge in [0.05, 0.1) is 25.5 Å². The van der Waals surface area contributed by atoms with Gasteiger partial charge in [0.15, 0.2) is 13.7 Å². The first-order chi connectivity index (χ1) is 12.4. The van der Waals surface area contributed by atoms with E-state index >= 15 is 0 Å². The van der Waals surface area contributed by atoms with Crippen LogP contribution in [0.5, 0.6) is 0 Å². The zero-order valence-corrected chi connectivity index (χ0v) is 18.8. The molecule has 0 bridgehead atoms. The topological polar surface area (TPSA) is 74.7 Å². The van der Waals surface area contributed by atoms with Gasteiger partial charge in [0.25, 0.3) is 0 Å². The molecule has 0 aromatic carbocycles. The average Bonchev–Trinajstić information content (AvgIpc) is 2.59. The molecule has 0 aliphatic heterocycles. The molecule has 6 nitrogen and oxygen atoms in total. The van der Waals surface area contributed by atoms with E-state index < -0.39 is 25.7 Å². The Balaban J connectivity index is 3.05. The molecule has 0 aliphatic carbocycles. The first-order valence-corrected chi connectivity index (χ1v) is 12.2. The van der Waals surface area contributed by atoms with E-state index in [1.807, 2.05) is 0 Å². The van der Waals surface area contributed by atoms with E-state index in [9.17, 15) is 9.59 Å². The Kier molecular flexibility index (Phi) is 7.74. The summed E-state index contributed by atoms with van der Waals surface area (Å²) in [6.45, 7) is 16.6. The molecule has 1 aromatic heterocycles. The number of carbonyl (C=O) groups excluding carboxylic acids is 2. The predicted octanol–water partition coefficient (Wildman–Crippen LogP) is 3.99. The number of ether oxygens (including phenoxy) is 2. The number of nitrogens with zero attached hydrogens (tertiary/aromatic N) is 1. The minimum atomic E-state index is -1.88. The van der Waals surface area contributed by atoms with Crippen molar-refractivity contribution in [3.63, 3.8) is 0 Å². The lowest BCUT2D eigenvalue weighted by atomic mass is 9.83. The highest BCUT2D eigenvalue weighted by atomic mass is 28.4. The Labute approximate surface area is 163 Å². The van der Waals surface area contributed by atoms with Gasteiger partial charge in [0.2, 0.25) is 0 Å². The van der Waals surface area contributed by atoms with Crippen LogP contribution < -0.4 is 0 Å². The summed E-state index contributed by atoms with van der Waals surface area (Å²) in [4.78, 5) is 29.3. The number of hydrogen-bond acceptors (Lipinski definition) is 6. The SMILES string of the molecule is CCOC(=O)C(C)(C(=O)OCC)c1ccc(CO[Si](C)(C)C(C)(C)C)nc1. The quantitative estimate of drug-likeness (QED) is 0.376. The molecule has 27 heavy (non-hydrogen) atoms. The minimum Gasteiger partial charge on any atom is -0.465 e. The van der Waals surface area contributed by atoms with Crippen molar-refractivity contribution >= 4 is 20.3 Å². The molecule has 1 aromatic rings. The zero-order chi connectivity index (χ0) is 20.9. The number of carbonyl (C=O) groups is 2. The van der Waals surface area contributed by atoms with Gasteiger partial charge in [0, 0.05) is 6.20 Å². The standard InChI is InChI=1S/C20H33NO5Si/c1-9-24-17(22)20(6,18(23)25-10-2)15-11-12-16(21-13-15)14-26-27(7,8)19(3,4)5/h11-13H,9-10,14H2,1-8H3. The second-order valence-electron chi connectivity index (χ2n) is 8.15. The number of hydrogen-bond donors (Lipinski definition) is 0. The van der Waals surface area contributed by atoms with E-state index in [2.05, 4.69) is 38.8 Å². The molecule has 0 aliphatic rings. The van der Waals surface area contributed by atoms with Gasteiger partial charge in [-0.15, -0.1) is 0 Å². The highest BCUT2D eigenvalue weighted by Crippen LogP contribution is 2.37. The molecule has 0 atom stereocenters. The summed E-state index contributed by atoms with van der Waals surface area (Å²) in [5, 5.41) is 0.110. The third-order valence-electron chi connectivity index (χ3n) is 5.16. The lowest BCUT2D eigenvalue weighted by Gasteiger charge is -2.36. The van der Waals surface area contributed by atoms with Crippen LogP contribution in [-0.2, 0) is 35.5 Å². The third-order valence-corrected chi connectivity index (χ3v) is 9.63. The fourth-order valence-electron chi connectivity index (χ4n) is 2.15. The highest BCUT2D eigenvalue weighted by Gasteiger charge is 2.46. The summed E-state index contributed by atoms with van der Waals surface area (Å²) < 4.78 is 16.4. The second kappa shape index (κ2) is 8.97. The van der Waals surface area contributed by atoms with Crippen LogP contribution in [0.1, 0.15) is 52.8 Å². The lowest BCUT2D eigenvalue weighted by molar-refractivity contribution is -0.163. The molecular formula is C20H33NO5Si. The van der Waals surface area contributed by atoms with Gasteiger partial charge in [-0.05, 0) is 50.5 Å². The molecule has 0 saturated carbocycles. The van der Waals surface area contributed by atoms with E-state index in [0.717, 1.165) is 5.69 Å². The van der Waals surface area contributed by atoms with Gasteiger partial charge >= 0.3 is 11.9 Å². The van der Waals surface area contributed by atoms with Gasteiger partial charge < -0.3 is 13.9 Å². The number of pyridine rings is 1. The van der Waals surface area contributed by atoms with Gasteiger partial charge in [-0.2, -0.15) is 0 Å². The van der Waals surface area contributed by atoms with Crippen LogP contribution in [-0.4, -0.2) is 38.5 Å². The average molecular weight is 396 g/mol. The van der Waals surface area contributed by atoms with Crippen LogP contribution in [0.2, 0.25) is 18.1 Å². The Morgan fingerprint density at radius 3 is 1.89 bits per heavy atom. The van der Waals surface area contributed by atoms with Crippen molar-refractivity contribution in [3.05, 3.63) is 29.6 Å². The molecule has 0 unspecified atom stereocenters. The second-order valence-corrected chi connectivity index (χ2v) is 13.0. The van der Waals surface area contributed by atoms with Crippen molar-refractivity contribution in [2.45, 2.75) is 71.7 Å². The largest absolute Gasteiger partial charge is 0.465 e. The molecule has 152 valence electrons. The van der Waals surface area contributed by atoms with Crippen LogP contribution in [0.25, 0.3) is 0 Å². The van der Waals surface area contributed by atoms with Crippen LogP contribution >= 0.6 is 0 Å². The van der Waals surface area contributed by atoms with Crippen molar-refractivity contribution in [2.75, 3.05) is 13.2 Å². The van der Waals surface area contributed by atoms with Crippen LogP contribution in [0.15, 0.2) is 18.3 Å². The smallest absolute Gasteiger partial charge is 0.327 e. The van der Waals surface area contributed by atoms with Gasteiger partial charge in [-0.3, -0.25) is 14.6 Å². The molecule has 0 spiro atoms. The molecule has 0 N–H and O–H groups in total. The van der Waals surface area contributed by atoms with E-state index in [-0.39, 0.29) is 18.3 Å². The molecule has 1 heterocycles. The lowest BCUT2D eigenvalue weighted by Crippen LogP contribution is -2.43. The fraction of sp³-hybridized carbons (Fsp3) is 0.650. The number of aromatic nitrogens is 1. The van der Waals surface area contributed by atoms with Crippen molar-refractivity contribution in [3.8, 4) is 0 Å².